The van der Waals surface area contributed by atoms with Crippen molar-refractivity contribution in [2.45, 2.75) is 27.2 Å². The number of aryl methyl sites for hydroxylation is 1. The number of carbonyl (C=O) groups is 1. The first-order valence-electron chi connectivity index (χ1n) is 7.22. The van der Waals surface area contributed by atoms with E-state index in [4.69, 9.17) is 10.5 Å². The Bertz CT molecular complexity index is 654. The van der Waals surface area contributed by atoms with Crippen molar-refractivity contribution in [2.24, 2.45) is 11.1 Å². The van der Waals surface area contributed by atoms with Crippen molar-refractivity contribution in [3.63, 3.8) is 0 Å². The van der Waals surface area contributed by atoms with Crippen LogP contribution >= 0.6 is 0 Å². The second-order valence-electron chi connectivity index (χ2n) is 5.60. The summed E-state index contributed by atoms with van der Waals surface area (Å²) in [5.41, 5.74) is 8.10. The van der Waals surface area contributed by atoms with Crippen molar-refractivity contribution in [1.29, 1.82) is 0 Å². The predicted molar refractivity (Wildman–Crippen MR) is 84.0 cm³/mol. The van der Waals surface area contributed by atoms with Gasteiger partial charge in [-0.05, 0) is 44.9 Å². The molecular formula is C17H22N2O2. The molecule has 1 heterocycles. The SMILES string of the molecule is CCOC(=O)C(C)(CN)Cc1cc(C)nc2ccccc12. The maximum atomic E-state index is 12.2. The van der Waals surface area contributed by atoms with Gasteiger partial charge in [0.25, 0.3) is 0 Å². The Morgan fingerprint density at radius 2 is 2.10 bits per heavy atom. The lowest BCUT2D eigenvalue weighted by Gasteiger charge is -2.26. The number of carbonyl (C=O) groups excluding carboxylic acids is 1. The minimum absolute atomic E-state index is 0.244. The zero-order valence-electron chi connectivity index (χ0n) is 12.8. The molecule has 1 aromatic carbocycles. The van der Waals surface area contributed by atoms with Crippen LogP contribution < -0.4 is 5.73 Å². The zero-order valence-corrected chi connectivity index (χ0v) is 12.8. The number of nitrogens with two attached hydrogens (primary N) is 1. The van der Waals surface area contributed by atoms with Crippen molar-refractivity contribution in [1.82, 2.24) is 4.98 Å². The number of aromatic nitrogens is 1. The fourth-order valence-electron chi connectivity index (χ4n) is 2.49. The third-order valence-electron chi connectivity index (χ3n) is 3.73. The summed E-state index contributed by atoms with van der Waals surface area (Å²) in [5, 5.41) is 1.06. The number of benzene rings is 1. The number of hydrogen-bond acceptors (Lipinski definition) is 4. The van der Waals surface area contributed by atoms with Crippen LogP contribution in [0, 0.1) is 12.3 Å². The molecule has 0 amide bonds. The highest BCUT2D eigenvalue weighted by molar-refractivity contribution is 5.84. The molecule has 0 radical (unpaired) electrons. The number of rotatable bonds is 5. The van der Waals surface area contributed by atoms with Crippen molar-refractivity contribution < 1.29 is 9.53 Å². The van der Waals surface area contributed by atoms with Crippen LogP contribution in [0.3, 0.4) is 0 Å². The summed E-state index contributed by atoms with van der Waals surface area (Å²) < 4.78 is 5.18. The van der Waals surface area contributed by atoms with Gasteiger partial charge < -0.3 is 10.5 Å². The molecule has 0 spiro atoms. The Balaban J connectivity index is 2.44. The van der Waals surface area contributed by atoms with E-state index in [1.165, 1.54) is 0 Å². The molecule has 0 bridgehead atoms. The molecule has 2 N–H and O–H groups in total. The van der Waals surface area contributed by atoms with E-state index in [-0.39, 0.29) is 12.5 Å². The second-order valence-corrected chi connectivity index (χ2v) is 5.60. The Kier molecular flexibility index (Phi) is 4.58. The number of nitrogens with zero attached hydrogens (tertiary/aromatic N) is 1. The number of ether oxygens (including phenoxy) is 1. The third-order valence-corrected chi connectivity index (χ3v) is 3.73. The highest BCUT2D eigenvalue weighted by Crippen LogP contribution is 2.28. The minimum Gasteiger partial charge on any atom is -0.466 e. The van der Waals surface area contributed by atoms with Gasteiger partial charge in [0.1, 0.15) is 0 Å². The number of fused-ring (bicyclic) bond motifs is 1. The van der Waals surface area contributed by atoms with E-state index in [9.17, 15) is 4.79 Å². The Morgan fingerprint density at radius 3 is 2.76 bits per heavy atom. The van der Waals surface area contributed by atoms with E-state index in [0.717, 1.165) is 22.2 Å². The van der Waals surface area contributed by atoms with Crippen LogP contribution in [-0.4, -0.2) is 24.1 Å². The Labute approximate surface area is 125 Å². The molecule has 1 unspecified atom stereocenters. The molecule has 0 saturated heterocycles. The van der Waals surface area contributed by atoms with E-state index in [2.05, 4.69) is 4.98 Å². The molecule has 0 saturated carbocycles. The highest BCUT2D eigenvalue weighted by atomic mass is 16.5. The lowest BCUT2D eigenvalue weighted by atomic mass is 9.82. The van der Waals surface area contributed by atoms with Gasteiger partial charge in [0.15, 0.2) is 0 Å². The number of para-hydroxylation sites is 1. The van der Waals surface area contributed by atoms with E-state index in [0.29, 0.717) is 13.0 Å². The van der Waals surface area contributed by atoms with Gasteiger partial charge in [-0.2, -0.15) is 0 Å². The summed E-state index contributed by atoms with van der Waals surface area (Å²) in [6, 6.07) is 9.98. The van der Waals surface area contributed by atoms with Crippen LogP contribution in [0.1, 0.15) is 25.1 Å². The molecule has 1 atom stereocenters. The molecule has 112 valence electrons. The molecule has 0 aliphatic carbocycles. The van der Waals surface area contributed by atoms with Gasteiger partial charge in [-0.1, -0.05) is 18.2 Å². The summed E-state index contributed by atoms with van der Waals surface area (Å²) in [6.07, 6.45) is 0.548. The summed E-state index contributed by atoms with van der Waals surface area (Å²) in [4.78, 5) is 16.7. The van der Waals surface area contributed by atoms with Gasteiger partial charge in [0.05, 0.1) is 17.5 Å². The topological polar surface area (TPSA) is 65.2 Å². The molecule has 0 fully saturated rings. The molecule has 1 aromatic heterocycles. The van der Waals surface area contributed by atoms with Gasteiger partial charge in [-0.25, -0.2) is 0 Å². The maximum absolute atomic E-state index is 12.2. The van der Waals surface area contributed by atoms with E-state index < -0.39 is 5.41 Å². The largest absolute Gasteiger partial charge is 0.466 e. The Hall–Kier alpha value is -1.94. The van der Waals surface area contributed by atoms with Crippen LogP contribution in [0.25, 0.3) is 10.9 Å². The van der Waals surface area contributed by atoms with Gasteiger partial charge >= 0.3 is 5.97 Å². The second kappa shape index (κ2) is 6.22. The van der Waals surface area contributed by atoms with Gasteiger partial charge in [-0.15, -0.1) is 0 Å². The highest BCUT2D eigenvalue weighted by Gasteiger charge is 2.34. The summed E-state index contributed by atoms with van der Waals surface area (Å²) >= 11 is 0. The van der Waals surface area contributed by atoms with E-state index in [1.807, 2.05) is 44.2 Å². The average molecular weight is 286 g/mol. The lowest BCUT2D eigenvalue weighted by Crippen LogP contribution is -2.39. The molecule has 0 aliphatic heterocycles. The quantitative estimate of drug-likeness (QED) is 0.858. The first kappa shape index (κ1) is 15.4. The monoisotopic (exact) mass is 286 g/mol. The van der Waals surface area contributed by atoms with Crippen molar-refractivity contribution in [3.05, 3.63) is 41.6 Å². The molecule has 4 nitrogen and oxygen atoms in total. The van der Waals surface area contributed by atoms with E-state index >= 15 is 0 Å². The van der Waals surface area contributed by atoms with Gasteiger partial charge in [0, 0.05) is 17.6 Å². The molecule has 0 aliphatic rings. The molecule has 2 aromatic rings. The first-order chi connectivity index (χ1) is 10.00. The lowest BCUT2D eigenvalue weighted by molar-refractivity contribution is -0.153. The predicted octanol–water partition coefficient (Wildman–Crippen LogP) is 2.61. The van der Waals surface area contributed by atoms with Crippen LogP contribution in [0.5, 0.6) is 0 Å². The molecular weight excluding hydrogens is 264 g/mol. The van der Waals surface area contributed by atoms with Crippen LogP contribution in [0.15, 0.2) is 30.3 Å². The Morgan fingerprint density at radius 1 is 1.38 bits per heavy atom. The van der Waals surface area contributed by atoms with Crippen molar-refractivity contribution >= 4 is 16.9 Å². The molecule has 4 heteroatoms. The summed E-state index contributed by atoms with van der Waals surface area (Å²) in [6.45, 7) is 6.24. The van der Waals surface area contributed by atoms with Gasteiger partial charge in [-0.3, -0.25) is 9.78 Å². The maximum Gasteiger partial charge on any atom is 0.313 e. The van der Waals surface area contributed by atoms with Gasteiger partial charge in [0.2, 0.25) is 0 Å². The van der Waals surface area contributed by atoms with E-state index in [1.54, 1.807) is 6.92 Å². The normalized spacial score (nSPS) is 13.9. The van der Waals surface area contributed by atoms with Crippen LogP contribution in [0.2, 0.25) is 0 Å². The smallest absolute Gasteiger partial charge is 0.313 e. The minimum atomic E-state index is -0.716. The summed E-state index contributed by atoms with van der Waals surface area (Å²) in [5.74, 6) is -0.244. The third kappa shape index (κ3) is 3.22. The summed E-state index contributed by atoms with van der Waals surface area (Å²) in [7, 11) is 0. The zero-order chi connectivity index (χ0) is 15.5. The van der Waals surface area contributed by atoms with Crippen molar-refractivity contribution in [3.8, 4) is 0 Å². The van der Waals surface area contributed by atoms with Crippen LogP contribution in [-0.2, 0) is 16.0 Å². The van der Waals surface area contributed by atoms with Crippen LogP contribution in [0.4, 0.5) is 0 Å². The number of hydrogen-bond donors (Lipinski definition) is 1. The number of esters is 1. The van der Waals surface area contributed by atoms with Crippen molar-refractivity contribution in [2.75, 3.05) is 13.2 Å². The molecule has 2 rings (SSSR count). The fraction of sp³-hybridized carbons (Fsp3) is 0.412. The standard InChI is InChI=1S/C17H22N2O2/c1-4-21-16(20)17(3,11-18)10-13-9-12(2)19-15-8-6-5-7-14(13)15/h5-9H,4,10-11,18H2,1-3H3. The molecule has 21 heavy (non-hydrogen) atoms. The first-order valence-corrected chi connectivity index (χ1v) is 7.22. The average Bonchev–Trinajstić information content (AvgIpc) is 2.47. The fourth-order valence-corrected chi connectivity index (χ4v) is 2.49. The number of pyridine rings is 1.